The van der Waals surface area contributed by atoms with Crippen LogP contribution in [0.4, 0.5) is 0 Å². The van der Waals surface area contributed by atoms with E-state index in [9.17, 15) is 0 Å². The van der Waals surface area contributed by atoms with Gasteiger partial charge in [-0.1, -0.05) is 49.6 Å². The lowest BCUT2D eigenvalue weighted by Crippen LogP contribution is -2.42. The lowest BCUT2D eigenvalue weighted by molar-refractivity contribution is 0.437. The Balaban J connectivity index is 2.09. The van der Waals surface area contributed by atoms with Crippen molar-refractivity contribution >= 4 is 5.84 Å². The first-order chi connectivity index (χ1) is 9.53. The summed E-state index contributed by atoms with van der Waals surface area (Å²) in [5.74, 6) is 1.15. The summed E-state index contributed by atoms with van der Waals surface area (Å²) in [5.41, 5.74) is 1.40. The van der Waals surface area contributed by atoms with Gasteiger partial charge in [0.25, 0.3) is 0 Å². The molecular weight excluding hydrogens is 244 g/mol. The second-order valence-corrected chi connectivity index (χ2v) is 6.91. The van der Waals surface area contributed by atoms with Crippen molar-refractivity contribution in [3.63, 3.8) is 0 Å². The van der Waals surface area contributed by atoms with Crippen molar-refractivity contribution in [1.82, 2.24) is 5.32 Å². The maximum atomic E-state index is 5.02. The summed E-state index contributed by atoms with van der Waals surface area (Å²) in [6.07, 6.45) is 7.47. The fourth-order valence-corrected chi connectivity index (χ4v) is 2.77. The molecule has 2 heteroatoms. The topological polar surface area (TPSA) is 24.4 Å². The molecule has 0 aromatic heterocycles. The third-order valence-electron chi connectivity index (χ3n) is 3.65. The smallest absolute Gasteiger partial charge is 0.101 e. The molecule has 0 heterocycles. The van der Waals surface area contributed by atoms with Gasteiger partial charge in [0.15, 0.2) is 0 Å². The number of rotatable bonds is 3. The summed E-state index contributed by atoms with van der Waals surface area (Å²) in [6.45, 7) is 6.61. The number of nitrogens with zero attached hydrogens (tertiary/aromatic N) is 1. The maximum absolute atomic E-state index is 5.02. The Kier molecular flexibility index (Phi) is 5.22. The first-order valence-corrected chi connectivity index (χ1v) is 7.92. The first-order valence-electron chi connectivity index (χ1n) is 7.92. The molecule has 2 nitrogen and oxygen atoms in total. The molecule has 1 saturated carbocycles. The first kappa shape index (κ1) is 15.1. The van der Waals surface area contributed by atoms with Gasteiger partial charge in [0, 0.05) is 12.0 Å². The zero-order valence-corrected chi connectivity index (χ0v) is 13.2. The molecule has 0 bridgehead atoms. The number of aliphatic imine (C=N–C) groups is 1. The van der Waals surface area contributed by atoms with Crippen LogP contribution in [0.3, 0.4) is 0 Å². The van der Waals surface area contributed by atoms with E-state index in [1.165, 1.54) is 37.7 Å². The molecule has 1 aliphatic carbocycles. The van der Waals surface area contributed by atoms with Crippen LogP contribution in [0.25, 0.3) is 0 Å². The molecule has 0 radical (unpaired) electrons. The van der Waals surface area contributed by atoms with Crippen molar-refractivity contribution in [2.24, 2.45) is 4.99 Å². The minimum atomic E-state index is 0.0717. The van der Waals surface area contributed by atoms with Crippen LogP contribution in [-0.4, -0.2) is 17.4 Å². The summed E-state index contributed by atoms with van der Waals surface area (Å²) in [7, 11) is 0. The van der Waals surface area contributed by atoms with Gasteiger partial charge >= 0.3 is 0 Å². The molecule has 1 aromatic rings. The van der Waals surface area contributed by atoms with E-state index in [1.807, 2.05) is 0 Å². The Labute approximate surface area is 123 Å². The quantitative estimate of drug-likeness (QED) is 0.642. The van der Waals surface area contributed by atoms with Crippen LogP contribution < -0.4 is 5.32 Å². The van der Waals surface area contributed by atoms with Gasteiger partial charge in [-0.3, -0.25) is 4.99 Å². The third-order valence-corrected chi connectivity index (χ3v) is 3.65. The van der Waals surface area contributed by atoms with E-state index in [0.29, 0.717) is 6.04 Å². The molecule has 0 unspecified atom stereocenters. The normalized spacial score (nSPS) is 18.1. The van der Waals surface area contributed by atoms with Crippen molar-refractivity contribution in [2.75, 3.05) is 0 Å². The Morgan fingerprint density at radius 3 is 2.35 bits per heavy atom. The standard InChI is InChI=1S/C18H28N2/c1-18(2,3)20-17(14-15-10-6-4-7-11-15)19-16-12-8-5-9-13-16/h4,6-7,10-11,16H,5,8-9,12-14H2,1-3H3,(H,19,20). The Bertz CT molecular complexity index is 422. The van der Waals surface area contributed by atoms with E-state index in [1.54, 1.807) is 0 Å². The lowest BCUT2D eigenvalue weighted by Gasteiger charge is -2.26. The second kappa shape index (κ2) is 6.92. The van der Waals surface area contributed by atoms with E-state index >= 15 is 0 Å². The summed E-state index contributed by atoms with van der Waals surface area (Å²) in [5, 5.41) is 3.60. The van der Waals surface area contributed by atoms with Crippen LogP contribution in [0.15, 0.2) is 35.3 Å². The van der Waals surface area contributed by atoms with E-state index < -0.39 is 0 Å². The summed E-state index contributed by atoms with van der Waals surface area (Å²) in [6, 6.07) is 11.2. The van der Waals surface area contributed by atoms with Crippen molar-refractivity contribution in [3.05, 3.63) is 35.9 Å². The monoisotopic (exact) mass is 272 g/mol. The number of hydrogen-bond donors (Lipinski definition) is 1. The second-order valence-electron chi connectivity index (χ2n) is 6.91. The Morgan fingerprint density at radius 2 is 1.75 bits per heavy atom. The zero-order valence-electron chi connectivity index (χ0n) is 13.2. The van der Waals surface area contributed by atoms with Gasteiger partial charge < -0.3 is 5.32 Å². The largest absolute Gasteiger partial charge is 0.369 e. The zero-order chi connectivity index (χ0) is 14.4. The van der Waals surface area contributed by atoms with Gasteiger partial charge in [0.2, 0.25) is 0 Å². The van der Waals surface area contributed by atoms with Crippen LogP contribution >= 0.6 is 0 Å². The number of benzene rings is 1. The van der Waals surface area contributed by atoms with Gasteiger partial charge in [-0.05, 0) is 39.2 Å². The van der Waals surface area contributed by atoms with E-state index in [2.05, 4.69) is 56.4 Å². The van der Waals surface area contributed by atoms with Gasteiger partial charge in [-0.15, -0.1) is 0 Å². The van der Waals surface area contributed by atoms with Gasteiger partial charge in [0.05, 0.1) is 6.04 Å². The van der Waals surface area contributed by atoms with Crippen molar-refractivity contribution in [3.8, 4) is 0 Å². The lowest BCUT2D eigenvalue weighted by atomic mass is 9.96. The van der Waals surface area contributed by atoms with E-state index in [-0.39, 0.29) is 5.54 Å². The molecule has 0 aliphatic heterocycles. The maximum Gasteiger partial charge on any atom is 0.101 e. The minimum absolute atomic E-state index is 0.0717. The summed E-state index contributed by atoms with van der Waals surface area (Å²) >= 11 is 0. The average Bonchev–Trinajstić information content (AvgIpc) is 2.39. The molecular formula is C18H28N2. The summed E-state index contributed by atoms with van der Waals surface area (Å²) < 4.78 is 0. The average molecular weight is 272 g/mol. The molecule has 0 spiro atoms. The molecule has 0 saturated heterocycles. The van der Waals surface area contributed by atoms with Crippen molar-refractivity contribution < 1.29 is 0 Å². The van der Waals surface area contributed by atoms with Gasteiger partial charge in [-0.25, -0.2) is 0 Å². The Hall–Kier alpha value is -1.31. The molecule has 2 rings (SSSR count). The minimum Gasteiger partial charge on any atom is -0.369 e. The predicted molar refractivity (Wildman–Crippen MR) is 87.3 cm³/mol. The molecule has 110 valence electrons. The highest BCUT2D eigenvalue weighted by atomic mass is 15.1. The number of amidine groups is 1. The van der Waals surface area contributed by atoms with Gasteiger partial charge in [0.1, 0.15) is 5.84 Å². The highest BCUT2D eigenvalue weighted by Gasteiger charge is 2.17. The third kappa shape index (κ3) is 5.36. The Morgan fingerprint density at radius 1 is 1.10 bits per heavy atom. The van der Waals surface area contributed by atoms with Gasteiger partial charge in [-0.2, -0.15) is 0 Å². The predicted octanol–water partition coefficient (Wildman–Crippen LogP) is 4.35. The number of nitrogens with one attached hydrogen (secondary N) is 1. The number of hydrogen-bond acceptors (Lipinski definition) is 1. The van der Waals surface area contributed by atoms with Crippen LogP contribution in [-0.2, 0) is 6.42 Å². The summed E-state index contributed by atoms with van der Waals surface area (Å²) in [4.78, 5) is 5.02. The highest BCUT2D eigenvalue weighted by Crippen LogP contribution is 2.21. The van der Waals surface area contributed by atoms with Crippen LogP contribution in [0, 0.1) is 0 Å². The highest BCUT2D eigenvalue weighted by molar-refractivity contribution is 5.85. The van der Waals surface area contributed by atoms with Crippen molar-refractivity contribution in [2.45, 2.75) is 70.9 Å². The SMILES string of the molecule is CC(C)(C)NC(Cc1ccccc1)=NC1CCCCC1. The fourth-order valence-electron chi connectivity index (χ4n) is 2.77. The molecule has 1 aromatic carbocycles. The van der Waals surface area contributed by atoms with Crippen LogP contribution in [0.5, 0.6) is 0 Å². The van der Waals surface area contributed by atoms with Crippen LogP contribution in [0.1, 0.15) is 58.4 Å². The fraction of sp³-hybridized carbons (Fsp3) is 0.611. The molecule has 1 fully saturated rings. The molecule has 20 heavy (non-hydrogen) atoms. The van der Waals surface area contributed by atoms with Crippen molar-refractivity contribution in [1.29, 1.82) is 0 Å². The van der Waals surface area contributed by atoms with Crippen LogP contribution in [0.2, 0.25) is 0 Å². The molecule has 1 N–H and O–H groups in total. The molecule has 1 aliphatic rings. The molecule has 0 atom stereocenters. The molecule has 0 amide bonds. The van der Waals surface area contributed by atoms with E-state index in [4.69, 9.17) is 4.99 Å². The van der Waals surface area contributed by atoms with E-state index in [0.717, 1.165) is 12.3 Å².